The van der Waals surface area contributed by atoms with Gasteiger partial charge in [0.1, 0.15) is 11.9 Å². The number of aliphatic hydroxyl groups is 1. The zero-order valence-corrected chi connectivity index (χ0v) is 12.3. The molecule has 0 fully saturated rings. The number of halogens is 2. The maximum Gasteiger partial charge on any atom is 0.123 e. The van der Waals surface area contributed by atoms with Crippen molar-refractivity contribution in [1.82, 2.24) is 0 Å². The second-order valence-electron chi connectivity index (χ2n) is 4.56. The predicted molar refractivity (Wildman–Crippen MR) is 78.6 cm³/mol. The topological polar surface area (TPSA) is 20.2 Å². The van der Waals surface area contributed by atoms with Gasteiger partial charge in [-0.2, -0.15) is 0 Å². The molecule has 0 saturated heterocycles. The summed E-state index contributed by atoms with van der Waals surface area (Å²) in [5.41, 5.74) is 2.56. The number of aliphatic hydroxyl groups excluding tert-OH is 1. The second-order valence-corrected chi connectivity index (χ2v) is 5.41. The first-order valence-electron chi connectivity index (χ1n) is 6.33. The summed E-state index contributed by atoms with van der Waals surface area (Å²) in [6.45, 7) is 2.13. The van der Waals surface area contributed by atoms with Crippen LogP contribution in [-0.4, -0.2) is 5.11 Å². The molecule has 1 N–H and O–H groups in total. The van der Waals surface area contributed by atoms with E-state index >= 15 is 0 Å². The molecule has 1 nitrogen and oxygen atoms in total. The highest BCUT2D eigenvalue weighted by Crippen LogP contribution is 2.29. The molecule has 0 amide bonds. The highest BCUT2D eigenvalue weighted by Gasteiger charge is 2.14. The quantitative estimate of drug-likeness (QED) is 0.870. The van der Waals surface area contributed by atoms with Crippen LogP contribution < -0.4 is 0 Å². The summed E-state index contributed by atoms with van der Waals surface area (Å²) >= 11 is 3.34. The fraction of sp³-hybridized carbons (Fsp3) is 0.250. The summed E-state index contributed by atoms with van der Waals surface area (Å²) in [6, 6.07) is 12.1. The van der Waals surface area contributed by atoms with Gasteiger partial charge in [-0.05, 0) is 35.7 Å². The molecule has 0 aliphatic rings. The highest BCUT2D eigenvalue weighted by molar-refractivity contribution is 9.10. The Morgan fingerprint density at radius 3 is 2.47 bits per heavy atom. The number of aryl methyl sites for hydroxylation is 1. The summed E-state index contributed by atoms with van der Waals surface area (Å²) in [4.78, 5) is 0. The molecule has 1 atom stereocenters. The van der Waals surface area contributed by atoms with E-state index in [0.29, 0.717) is 10.0 Å². The van der Waals surface area contributed by atoms with Crippen LogP contribution in [0.5, 0.6) is 0 Å². The summed E-state index contributed by atoms with van der Waals surface area (Å²) in [5.74, 6) is -0.347. The van der Waals surface area contributed by atoms with E-state index in [9.17, 15) is 9.50 Å². The number of rotatable bonds is 4. The van der Waals surface area contributed by atoms with Crippen LogP contribution in [0.15, 0.2) is 46.9 Å². The van der Waals surface area contributed by atoms with E-state index in [1.807, 2.05) is 24.3 Å². The standard InChI is InChI=1S/C16H16BrFO/c1-2-3-11-4-6-12(7-5-11)16(19)14-10-13(18)8-9-15(14)17/h4-10,16,19H,2-3H2,1H3. The smallest absolute Gasteiger partial charge is 0.123 e. The molecule has 0 bridgehead atoms. The van der Waals surface area contributed by atoms with Crippen molar-refractivity contribution in [1.29, 1.82) is 0 Å². The molecule has 1 unspecified atom stereocenters. The average molecular weight is 323 g/mol. The van der Waals surface area contributed by atoms with Gasteiger partial charge in [0.05, 0.1) is 0 Å². The largest absolute Gasteiger partial charge is 0.384 e. The van der Waals surface area contributed by atoms with Crippen LogP contribution in [0.1, 0.15) is 36.1 Å². The molecule has 2 aromatic rings. The maximum atomic E-state index is 13.3. The van der Waals surface area contributed by atoms with E-state index in [1.54, 1.807) is 6.07 Å². The fourth-order valence-electron chi connectivity index (χ4n) is 2.06. The Morgan fingerprint density at radius 2 is 1.84 bits per heavy atom. The van der Waals surface area contributed by atoms with Crippen molar-refractivity contribution in [3.05, 3.63) is 69.4 Å². The van der Waals surface area contributed by atoms with Crippen molar-refractivity contribution in [3.8, 4) is 0 Å². The zero-order chi connectivity index (χ0) is 13.8. The van der Waals surface area contributed by atoms with Gasteiger partial charge in [-0.25, -0.2) is 4.39 Å². The predicted octanol–water partition coefficient (Wildman–Crippen LogP) is 4.62. The van der Waals surface area contributed by atoms with Gasteiger partial charge in [-0.15, -0.1) is 0 Å². The van der Waals surface area contributed by atoms with Gasteiger partial charge in [0.25, 0.3) is 0 Å². The lowest BCUT2D eigenvalue weighted by Crippen LogP contribution is -2.01. The van der Waals surface area contributed by atoms with Crippen molar-refractivity contribution in [2.24, 2.45) is 0 Å². The van der Waals surface area contributed by atoms with E-state index < -0.39 is 6.10 Å². The number of benzene rings is 2. The number of hydrogen-bond donors (Lipinski definition) is 1. The molecule has 0 spiro atoms. The van der Waals surface area contributed by atoms with Crippen LogP contribution in [0.2, 0.25) is 0 Å². The van der Waals surface area contributed by atoms with Crippen molar-refractivity contribution in [2.75, 3.05) is 0 Å². The van der Waals surface area contributed by atoms with Crippen LogP contribution in [0.25, 0.3) is 0 Å². The third kappa shape index (κ3) is 3.43. The Kier molecular flexibility index (Phi) is 4.72. The SMILES string of the molecule is CCCc1ccc(C(O)c2cc(F)ccc2Br)cc1. The van der Waals surface area contributed by atoms with Gasteiger partial charge in [0, 0.05) is 10.0 Å². The van der Waals surface area contributed by atoms with Gasteiger partial charge in [-0.1, -0.05) is 53.5 Å². The van der Waals surface area contributed by atoms with E-state index in [4.69, 9.17) is 0 Å². The van der Waals surface area contributed by atoms with E-state index in [0.717, 1.165) is 18.4 Å². The summed E-state index contributed by atoms with van der Waals surface area (Å²) < 4.78 is 14.0. The van der Waals surface area contributed by atoms with Gasteiger partial charge in [-0.3, -0.25) is 0 Å². The Hall–Kier alpha value is -1.19. The molecule has 100 valence electrons. The molecule has 19 heavy (non-hydrogen) atoms. The average Bonchev–Trinajstić information content (AvgIpc) is 2.42. The molecule has 0 aliphatic carbocycles. The van der Waals surface area contributed by atoms with Crippen LogP contribution in [0, 0.1) is 5.82 Å². The van der Waals surface area contributed by atoms with Gasteiger partial charge >= 0.3 is 0 Å². The van der Waals surface area contributed by atoms with E-state index in [2.05, 4.69) is 22.9 Å². The van der Waals surface area contributed by atoms with Crippen LogP contribution in [0.3, 0.4) is 0 Å². The van der Waals surface area contributed by atoms with E-state index in [1.165, 1.54) is 17.7 Å². The Bertz CT molecular complexity index is 551. The molecule has 2 rings (SSSR count). The van der Waals surface area contributed by atoms with Crippen LogP contribution >= 0.6 is 15.9 Å². The van der Waals surface area contributed by atoms with Crippen molar-refractivity contribution in [2.45, 2.75) is 25.9 Å². The zero-order valence-electron chi connectivity index (χ0n) is 10.7. The molecule has 2 aromatic carbocycles. The normalized spacial score (nSPS) is 12.4. The van der Waals surface area contributed by atoms with Gasteiger partial charge in [0.15, 0.2) is 0 Å². The lowest BCUT2D eigenvalue weighted by Gasteiger charge is -2.14. The summed E-state index contributed by atoms with van der Waals surface area (Å²) in [5, 5.41) is 10.3. The molecular weight excluding hydrogens is 307 g/mol. The van der Waals surface area contributed by atoms with Crippen molar-refractivity contribution >= 4 is 15.9 Å². The minimum absolute atomic E-state index is 0.347. The van der Waals surface area contributed by atoms with Gasteiger partial charge in [0.2, 0.25) is 0 Å². The van der Waals surface area contributed by atoms with Crippen LogP contribution in [-0.2, 0) is 6.42 Å². The Labute approximate surface area is 121 Å². The van der Waals surface area contributed by atoms with Crippen LogP contribution in [0.4, 0.5) is 4.39 Å². The van der Waals surface area contributed by atoms with Gasteiger partial charge < -0.3 is 5.11 Å². The highest BCUT2D eigenvalue weighted by atomic mass is 79.9. The third-order valence-electron chi connectivity index (χ3n) is 3.09. The monoisotopic (exact) mass is 322 g/mol. The summed E-state index contributed by atoms with van der Waals surface area (Å²) in [6.07, 6.45) is 1.30. The first kappa shape index (κ1) is 14.2. The first-order valence-corrected chi connectivity index (χ1v) is 7.13. The molecule has 0 aromatic heterocycles. The fourth-order valence-corrected chi connectivity index (χ4v) is 2.52. The van der Waals surface area contributed by atoms with Crippen molar-refractivity contribution in [3.63, 3.8) is 0 Å². The maximum absolute atomic E-state index is 13.3. The molecular formula is C16H16BrFO. The number of hydrogen-bond acceptors (Lipinski definition) is 1. The molecule has 0 aliphatic heterocycles. The minimum atomic E-state index is -0.819. The Morgan fingerprint density at radius 1 is 1.16 bits per heavy atom. The Balaban J connectivity index is 2.27. The van der Waals surface area contributed by atoms with Crippen molar-refractivity contribution < 1.29 is 9.50 Å². The minimum Gasteiger partial charge on any atom is -0.384 e. The third-order valence-corrected chi connectivity index (χ3v) is 3.81. The lowest BCUT2D eigenvalue weighted by atomic mass is 9.99. The summed E-state index contributed by atoms with van der Waals surface area (Å²) in [7, 11) is 0. The molecule has 3 heteroatoms. The molecule has 0 saturated carbocycles. The molecule has 0 heterocycles. The second kappa shape index (κ2) is 6.31. The first-order chi connectivity index (χ1) is 9.11. The van der Waals surface area contributed by atoms with E-state index in [-0.39, 0.29) is 5.82 Å². The lowest BCUT2D eigenvalue weighted by molar-refractivity contribution is 0.219. The molecule has 0 radical (unpaired) electrons.